The molecule has 2 fully saturated rings. The van der Waals surface area contributed by atoms with E-state index in [1.54, 1.807) is 0 Å². The van der Waals surface area contributed by atoms with Gasteiger partial charge >= 0.3 is 0 Å². The molecule has 1 aromatic carbocycles. The second kappa shape index (κ2) is 7.26. The molecule has 3 aliphatic rings. The highest BCUT2D eigenvalue weighted by Gasteiger charge is 2.42. The fourth-order valence-electron chi connectivity index (χ4n) is 5.28. The maximum Gasteiger partial charge on any atom is 0.223 e. The van der Waals surface area contributed by atoms with Crippen LogP contribution >= 0.6 is 0 Å². The van der Waals surface area contributed by atoms with Crippen molar-refractivity contribution in [3.63, 3.8) is 0 Å². The van der Waals surface area contributed by atoms with Crippen molar-refractivity contribution < 1.29 is 4.79 Å². The van der Waals surface area contributed by atoms with E-state index in [1.807, 2.05) is 0 Å². The summed E-state index contributed by atoms with van der Waals surface area (Å²) in [6.07, 6.45) is 8.64. The third-order valence-corrected chi connectivity index (χ3v) is 6.58. The number of rotatable bonds is 5. The van der Waals surface area contributed by atoms with Gasteiger partial charge in [-0.1, -0.05) is 37.1 Å². The average molecular weight is 326 g/mol. The van der Waals surface area contributed by atoms with Gasteiger partial charge in [0.05, 0.1) is 0 Å². The number of hydrogen-bond acceptors (Lipinski definition) is 2. The van der Waals surface area contributed by atoms with Crippen LogP contribution in [0, 0.1) is 17.8 Å². The Morgan fingerprint density at radius 3 is 2.92 bits per heavy atom. The van der Waals surface area contributed by atoms with E-state index in [0.717, 1.165) is 51.4 Å². The molecule has 1 N–H and O–H groups in total. The minimum Gasteiger partial charge on any atom is -0.356 e. The van der Waals surface area contributed by atoms with Crippen molar-refractivity contribution in [2.24, 2.45) is 17.8 Å². The molecule has 4 rings (SSSR count). The molecule has 0 spiro atoms. The highest BCUT2D eigenvalue weighted by atomic mass is 16.1. The lowest BCUT2D eigenvalue weighted by molar-refractivity contribution is -0.126. The Morgan fingerprint density at radius 1 is 1.12 bits per heavy atom. The fraction of sp³-hybridized carbons (Fsp3) is 0.667. The summed E-state index contributed by atoms with van der Waals surface area (Å²) in [6, 6.07) is 8.79. The third kappa shape index (κ3) is 3.37. The van der Waals surface area contributed by atoms with Crippen molar-refractivity contribution in [2.45, 2.75) is 51.5 Å². The Balaban J connectivity index is 1.18. The van der Waals surface area contributed by atoms with Crippen LogP contribution in [-0.2, 0) is 17.8 Å². The molecule has 0 aromatic heterocycles. The number of hydrogen-bond donors (Lipinski definition) is 1. The highest BCUT2D eigenvalue weighted by Crippen LogP contribution is 2.47. The van der Waals surface area contributed by atoms with Crippen LogP contribution in [-0.4, -0.2) is 30.4 Å². The Bertz CT molecular complexity index is 585. The van der Waals surface area contributed by atoms with Gasteiger partial charge in [-0.25, -0.2) is 0 Å². The van der Waals surface area contributed by atoms with Crippen molar-refractivity contribution in [1.82, 2.24) is 10.2 Å². The van der Waals surface area contributed by atoms with E-state index in [0.29, 0.717) is 17.7 Å². The van der Waals surface area contributed by atoms with E-state index in [4.69, 9.17) is 0 Å². The zero-order chi connectivity index (χ0) is 16.4. The summed E-state index contributed by atoms with van der Waals surface area (Å²) in [6.45, 7) is 4.14. The average Bonchev–Trinajstić information content (AvgIpc) is 3.22. The lowest BCUT2D eigenvalue weighted by atomic mass is 9.91. The van der Waals surface area contributed by atoms with Crippen LogP contribution in [0.3, 0.4) is 0 Å². The van der Waals surface area contributed by atoms with Gasteiger partial charge in [0.2, 0.25) is 5.91 Å². The summed E-state index contributed by atoms with van der Waals surface area (Å²) < 4.78 is 0. The van der Waals surface area contributed by atoms with Crippen LogP contribution in [0.4, 0.5) is 0 Å². The minimum absolute atomic E-state index is 0.319. The normalized spacial score (nSPS) is 29.2. The predicted molar refractivity (Wildman–Crippen MR) is 96.6 cm³/mol. The fourth-order valence-corrected chi connectivity index (χ4v) is 5.28. The predicted octanol–water partition coefficient (Wildman–Crippen LogP) is 3.38. The Morgan fingerprint density at radius 2 is 2.00 bits per heavy atom. The van der Waals surface area contributed by atoms with Gasteiger partial charge in [0.25, 0.3) is 0 Å². The van der Waals surface area contributed by atoms with E-state index in [2.05, 4.69) is 34.5 Å². The van der Waals surface area contributed by atoms with Gasteiger partial charge in [-0.15, -0.1) is 0 Å². The molecule has 0 radical (unpaired) electrons. The number of fused-ring (bicyclic) bond motifs is 2. The number of benzene rings is 1. The van der Waals surface area contributed by atoms with Gasteiger partial charge in [-0.05, 0) is 55.1 Å². The lowest BCUT2D eigenvalue weighted by Gasteiger charge is -2.28. The molecule has 1 aromatic rings. The van der Waals surface area contributed by atoms with Crippen LogP contribution in [0.5, 0.6) is 0 Å². The van der Waals surface area contributed by atoms with Crippen molar-refractivity contribution in [2.75, 3.05) is 19.6 Å². The van der Waals surface area contributed by atoms with E-state index < -0.39 is 0 Å². The second-order valence-corrected chi connectivity index (χ2v) is 7.98. The van der Waals surface area contributed by atoms with E-state index in [1.165, 1.54) is 36.8 Å². The monoisotopic (exact) mass is 326 g/mol. The molecule has 3 nitrogen and oxygen atoms in total. The Labute approximate surface area is 145 Å². The van der Waals surface area contributed by atoms with Crippen molar-refractivity contribution in [3.8, 4) is 0 Å². The lowest BCUT2D eigenvalue weighted by Crippen LogP contribution is -2.36. The van der Waals surface area contributed by atoms with Gasteiger partial charge in [-0.2, -0.15) is 0 Å². The number of carbonyl (C=O) groups is 1. The maximum absolute atomic E-state index is 12.5. The molecule has 1 heterocycles. The molecule has 0 bridgehead atoms. The highest BCUT2D eigenvalue weighted by molar-refractivity contribution is 5.79. The quantitative estimate of drug-likeness (QED) is 0.841. The molecule has 24 heavy (non-hydrogen) atoms. The molecule has 2 aliphatic carbocycles. The zero-order valence-corrected chi connectivity index (χ0v) is 14.7. The summed E-state index contributed by atoms with van der Waals surface area (Å²) in [7, 11) is 0. The Kier molecular flexibility index (Phi) is 4.88. The smallest absolute Gasteiger partial charge is 0.223 e. The largest absolute Gasteiger partial charge is 0.356 e. The zero-order valence-electron chi connectivity index (χ0n) is 14.7. The Hall–Kier alpha value is -1.35. The topological polar surface area (TPSA) is 32.3 Å². The number of nitrogens with one attached hydrogen (secondary N) is 1. The summed E-state index contributed by atoms with van der Waals surface area (Å²) in [5.41, 5.74) is 2.99. The molecule has 1 aliphatic heterocycles. The minimum atomic E-state index is 0.319. The number of amides is 1. The molecule has 0 saturated heterocycles. The van der Waals surface area contributed by atoms with Crippen LogP contribution in [0.15, 0.2) is 24.3 Å². The SMILES string of the molecule is O=C(NCCCN1CCc2ccccc2C1)C1CCC2CCCC21. The van der Waals surface area contributed by atoms with Crippen molar-refractivity contribution in [3.05, 3.63) is 35.4 Å². The van der Waals surface area contributed by atoms with E-state index in [-0.39, 0.29) is 0 Å². The van der Waals surface area contributed by atoms with Crippen LogP contribution < -0.4 is 5.32 Å². The summed E-state index contributed by atoms with van der Waals surface area (Å²) >= 11 is 0. The first-order valence-electron chi connectivity index (χ1n) is 9.88. The molecule has 3 unspecified atom stereocenters. The van der Waals surface area contributed by atoms with Gasteiger partial charge < -0.3 is 5.32 Å². The van der Waals surface area contributed by atoms with Gasteiger partial charge in [-0.3, -0.25) is 9.69 Å². The molecule has 1 amide bonds. The van der Waals surface area contributed by atoms with E-state index in [9.17, 15) is 4.79 Å². The van der Waals surface area contributed by atoms with Gasteiger partial charge in [0.15, 0.2) is 0 Å². The molecular weight excluding hydrogens is 296 g/mol. The van der Waals surface area contributed by atoms with Crippen LogP contribution in [0.1, 0.15) is 49.7 Å². The maximum atomic E-state index is 12.5. The number of nitrogens with zero attached hydrogens (tertiary/aromatic N) is 1. The van der Waals surface area contributed by atoms with E-state index >= 15 is 0 Å². The summed E-state index contributed by atoms with van der Waals surface area (Å²) in [4.78, 5) is 15.0. The first-order chi connectivity index (χ1) is 11.8. The second-order valence-electron chi connectivity index (χ2n) is 7.98. The molecule has 3 atom stereocenters. The third-order valence-electron chi connectivity index (χ3n) is 6.58. The summed E-state index contributed by atoms with van der Waals surface area (Å²) in [5.74, 6) is 2.21. The van der Waals surface area contributed by atoms with Crippen molar-refractivity contribution >= 4 is 5.91 Å². The van der Waals surface area contributed by atoms with Crippen molar-refractivity contribution in [1.29, 1.82) is 0 Å². The molecular formula is C21H30N2O. The molecule has 3 heteroatoms. The molecule has 130 valence electrons. The summed E-state index contributed by atoms with van der Waals surface area (Å²) in [5, 5.41) is 3.23. The molecule has 2 saturated carbocycles. The number of carbonyl (C=O) groups excluding carboxylic acids is 1. The van der Waals surface area contributed by atoms with Gasteiger partial charge in [0, 0.05) is 32.1 Å². The van der Waals surface area contributed by atoms with Gasteiger partial charge in [0.1, 0.15) is 0 Å². The van der Waals surface area contributed by atoms with Crippen LogP contribution in [0.2, 0.25) is 0 Å². The first kappa shape index (κ1) is 16.1. The first-order valence-corrected chi connectivity index (χ1v) is 9.88. The van der Waals surface area contributed by atoms with Crippen LogP contribution in [0.25, 0.3) is 0 Å². The standard InChI is InChI=1S/C21H30N2O/c24-21(20-10-9-17-7-3-8-19(17)20)22-12-4-13-23-14-11-16-5-1-2-6-18(16)15-23/h1-2,5-6,17,19-20H,3-4,7-15H2,(H,22,24).